The van der Waals surface area contributed by atoms with Gasteiger partial charge in [0.2, 0.25) is 0 Å². The maximum atomic E-state index is 5.20. The summed E-state index contributed by atoms with van der Waals surface area (Å²) in [6.45, 7) is 0. The number of thiophene rings is 1. The van der Waals surface area contributed by atoms with Crippen molar-refractivity contribution in [3.05, 3.63) is 207 Å². The summed E-state index contributed by atoms with van der Waals surface area (Å²) in [7, 11) is 0. The molecule has 0 unspecified atom stereocenters. The molecule has 63 heavy (non-hydrogen) atoms. The highest BCUT2D eigenvalue weighted by Gasteiger charge is 2.19. The Balaban J connectivity index is 0.961. The fourth-order valence-corrected chi connectivity index (χ4v) is 10.3. The van der Waals surface area contributed by atoms with E-state index in [1.165, 1.54) is 21.5 Å². The van der Waals surface area contributed by atoms with Crippen LogP contribution in [0.4, 0.5) is 0 Å². The Labute approximate surface area is 365 Å². The van der Waals surface area contributed by atoms with Gasteiger partial charge in [-0.2, -0.15) is 0 Å². The molecular formula is C56H34N6S. The first-order valence-electron chi connectivity index (χ1n) is 21.0. The normalized spacial score (nSPS) is 11.8. The molecular weight excluding hydrogens is 789 g/mol. The number of hydrogen-bond acceptors (Lipinski definition) is 5. The van der Waals surface area contributed by atoms with E-state index >= 15 is 0 Å². The lowest BCUT2D eigenvalue weighted by Gasteiger charge is -2.14. The van der Waals surface area contributed by atoms with E-state index in [0.717, 1.165) is 98.8 Å². The average Bonchev–Trinajstić information content (AvgIpc) is 4.01. The molecule has 0 fully saturated rings. The maximum Gasteiger partial charge on any atom is 0.108 e. The molecule has 13 aromatic rings. The highest BCUT2D eigenvalue weighted by Crippen LogP contribution is 2.40. The first-order chi connectivity index (χ1) is 31.2. The largest absolute Gasteiger partial charge is 0.309 e. The summed E-state index contributed by atoms with van der Waals surface area (Å²) in [5.74, 6) is 0. The molecule has 0 saturated carbocycles. The van der Waals surface area contributed by atoms with Gasteiger partial charge < -0.3 is 9.13 Å². The first kappa shape index (κ1) is 35.5. The molecule has 0 amide bonds. The van der Waals surface area contributed by atoms with Gasteiger partial charge in [-0.05, 0) is 83.9 Å². The number of rotatable bonds is 6. The quantitative estimate of drug-likeness (QED) is 0.168. The van der Waals surface area contributed by atoms with Crippen LogP contribution in [0.25, 0.3) is 120 Å². The van der Waals surface area contributed by atoms with Crippen molar-refractivity contribution >= 4 is 75.4 Å². The second-order valence-electron chi connectivity index (χ2n) is 15.9. The van der Waals surface area contributed by atoms with E-state index in [-0.39, 0.29) is 0 Å². The van der Waals surface area contributed by atoms with Crippen LogP contribution in [-0.2, 0) is 0 Å². The van der Waals surface area contributed by atoms with Gasteiger partial charge >= 0.3 is 0 Å². The molecule has 0 spiro atoms. The summed E-state index contributed by atoms with van der Waals surface area (Å²) in [6, 6.07) is 67.0. The predicted octanol–water partition coefficient (Wildman–Crippen LogP) is 14.5. The van der Waals surface area contributed by atoms with Crippen LogP contribution in [0.5, 0.6) is 0 Å². The van der Waals surface area contributed by atoms with Crippen molar-refractivity contribution < 1.29 is 0 Å². The Kier molecular flexibility index (Phi) is 7.98. The van der Waals surface area contributed by atoms with Gasteiger partial charge in [-0.25, -0.2) is 9.97 Å². The van der Waals surface area contributed by atoms with E-state index in [1.54, 1.807) is 11.3 Å². The minimum Gasteiger partial charge on any atom is -0.309 e. The van der Waals surface area contributed by atoms with Gasteiger partial charge in [0, 0.05) is 50.6 Å². The topological polar surface area (TPSA) is 61.4 Å². The monoisotopic (exact) mass is 822 g/mol. The van der Waals surface area contributed by atoms with Gasteiger partial charge in [-0.1, -0.05) is 115 Å². The molecule has 0 radical (unpaired) electrons. The molecule has 0 atom stereocenters. The molecule has 6 nitrogen and oxygen atoms in total. The van der Waals surface area contributed by atoms with Crippen LogP contribution in [0.2, 0.25) is 0 Å². The van der Waals surface area contributed by atoms with Gasteiger partial charge in [0.05, 0.1) is 66.1 Å². The third-order valence-corrected chi connectivity index (χ3v) is 13.3. The minimum absolute atomic E-state index is 0.873. The summed E-state index contributed by atoms with van der Waals surface area (Å²) < 4.78 is 6.99. The minimum atomic E-state index is 0.873. The van der Waals surface area contributed by atoms with Crippen molar-refractivity contribution in [3.8, 4) is 56.3 Å². The molecule has 6 aromatic carbocycles. The standard InChI is InChI=1S/C56H34N6S/c1-3-12-35(13-4-1)47-31-40(32-48(59-47)36-14-5-2-6-15-36)61-49-18-9-7-16-42(49)44-23-21-38(30-52(44)61)37-22-25-51-45(29-37)43-17-8-10-19-50(43)62(51)41-28-39(33-57-34-41)46-24-26-54-56(60-46)55-53(63-54)20-11-27-58-55/h1-34H. The van der Waals surface area contributed by atoms with E-state index in [1.807, 2.05) is 24.7 Å². The Morgan fingerprint density at radius 1 is 0.349 bits per heavy atom. The van der Waals surface area contributed by atoms with Crippen LogP contribution >= 0.6 is 11.3 Å². The van der Waals surface area contributed by atoms with Crippen molar-refractivity contribution in [1.82, 2.24) is 29.1 Å². The van der Waals surface area contributed by atoms with Crippen LogP contribution in [0.3, 0.4) is 0 Å². The van der Waals surface area contributed by atoms with Crippen LogP contribution in [0.1, 0.15) is 0 Å². The number of aromatic nitrogens is 6. The maximum absolute atomic E-state index is 5.20. The number of hydrogen-bond donors (Lipinski definition) is 0. The molecule has 7 heterocycles. The SMILES string of the molecule is c1ccc(-c2cc(-n3c4ccccc4c4ccc(-c5ccc6c(c5)c5ccccc5n6-c5cncc(-c6ccc7sc8cccnc8c7n6)c5)cc43)cc(-c3ccccc3)n2)cc1. The van der Waals surface area contributed by atoms with Crippen molar-refractivity contribution in [1.29, 1.82) is 0 Å². The number of para-hydroxylation sites is 2. The predicted molar refractivity (Wildman–Crippen MR) is 261 cm³/mol. The first-order valence-corrected chi connectivity index (χ1v) is 21.8. The summed E-state index contributed by atoms with van der Waals surface area (Å²) in [5, 5.41) is 4.78. The Hall–Kier alpha value is -8.26. The Morgan fingerprint density at radius 3 is 1.73 bits per heavy atom. The summed E-state index contributed by atoms with van der Waals surface area (Å²) >= 11 is 1.72. The molecule has 0 aliphatic rings. The molecule has 0 aliphatic carbocycles. The van der Waals surface area contributed by atoms with Crippen molar-refractivity contribution in [2.45, 2.75) is 0 Å². The van der Waals surface area contributed by atoms with Crippen molar-refractivity contribution in [3.63, 3.8) is 0 Å². The van der Waals surface area contributed by atoms with E-state index in [9.17, 15) is 0 Å². The van der Waals surface area contributed by atoms with E-state index in [0.29, 0.717) is 0 Å². The van der Waals surface area contributed by atoms with Gasteiger partial charge in [-0.15, -0.1) is 11.3 Å². The summed E-state index contributed by atoms with van der Waals surface area (Å²) in [5.41, 5.74) is 16.6. The van der Waals surface area contributed by atoms with Crippen LogP contribution < -0.4 is 0 Å². The molecule has 0 bridgehead atoms. The second-order valence-corrected chi connectivity index (χ2v) is 17.0. The van der Waals surface area contributed by atoms with Crippen LogP contribution in [-0.4, -0.2) is 29.1 Å². The van der Waals surface area contributed by atoms with E-state index < -0.39 is 0 Å². The highest BCUT2D eigenvalue weighted by atomic mass is 32.1. The molecule has 0 saturated heterocycles. The van der Waals surface area contributed by atoms with Gasteiger partial charge in [0.25, 0.3) is 0 Å². The second kappa shape index (κ2) is 14.2. The van der Waals surface area contributed by atoms with E-state index in [2.05, 4.69) is 196 Å². The molecule has 7 aromatic heterocycles. The highest BCUT2D eigenvalue weighted by molar-refractivity contribution is 7.25. The van der Waals surface area contributed by atoms with Crippen LogP contribution in [0, 0.1) is 0 Å². The lowest BCUT2D eigenvalue weighted by Crippen LogP contribution is -1.98. The van der Waals surface area contributed by atoms with Crippen molar-refractivity contribution in [2.24, 2.45) is 0 Å². The fourth-order valence-electron chi connectivity index (χ4n) is 9.34. The fraction of sp³-hybridized carbons (Fsp3) is 0. The lowest BCUT2D eigenvalue weighted by molar-refractivity contribution is 1.14. The Bertz CT molecular complexity index is 3860. The molecule has 13 rings (SSSR count). The van der Waals surface area contributed by atoms with Crippen LogP contribution in [0.15, 0.2) is 207 Å². The molecule has 7 heteroatoms. The Morgan fingerprint density at radius 2 is 0.968 bits per heavy atom. The number of benzene rings is 6. The van der Waals surface area contributed by atoms with Gasteiger partial charge in [0.15, 0.2) is 0 Å². The average molecular weight is 823 g/mol. The zero-order valence-electron chi connectivity index (χ0n) is 33.7. The zero-order valence-corrected chi connectivity index (χ0v) is 34.5. The number of nitrogens with zero attached hydrogens (tertiary/aromatic N) is 6. The molecule has 294 valence electrons. The summed E-state index contributed by atoms with van der Waals surface area (Å²) in [4.78, 5) is 19.7. The third kappa shape index (κ3) is 5.78. The zero-order chi connectivity index (χ0) is 41.4. The lowest BCUT2D eigenvalue weighted by atomic mass is 10.0. The smallest absolute Gasteiger partial charge is 0.108 e. The van der Waals surface area contributed by atoms with Gasteiger partial charge in [-0.3, -0.25) is 9.97 Å². The number of pyridine rings is 4. The molecule has 0 N–H and O–H groups in total. The third-order valence-electron chi connectivity index (χ3n) is 12.2. The summed E-state index contributed by atoms with van der Waals surface area (Å²) in [6.07, 6.45) is 5.68. The van der Waals surface area contributed by atoms with E-state index in [4.69, 9.17) is 15.0 Å². The van der Waals surface area contributed by atoms with Crippen molar-refractivity contribution in [2.75, 3.05) is 0 Å². The van der Waals surface area contributed by atoms with Gasteiger partial charge in [0.1, 0.15) is 11.0 Å². The number of fused-ring (bicyclic) bond motifs is 9. The molecule has 0 aliphatic heterocycles.